The number of hydrogen-bond acceptors (Lipinski definition) is 0. The molecule has 0 aromatic heterocycles. The molecule has 0 atom stereocenters. The minimum atomic E-state index is -2.24. The third kappa shape index (κ3) is 3.18. The molecule has 0 saturated heterocycles. The first-order valence-corrected chi connectivity index (χ1v) is 8.44. The Kier molecular flexibility index (Phi) is 4.04. The molecular formula is C10H12Cl2Si. The van der Waals surface area contributed by atoms with E-state index in [4.69, 9.17) is 22.2 Å². The summed E-state index contributed by atoms with van der Waals surface area (Å²) in [5.74, 6) is 0. The van der Waals surface area contributed by atoms with Crippen LogP contribution in [0.3, 0.4) is 0 Å². The number of rotatable bonds is 3. The van der Waals surface area contributed by atoms with Gasteiger partial charge >= 0.3 is 0 Å². The van der Waals surface area contributed by atoms with Gasteiger partial charge in [0.25, 0.3) is 6.69 Å². The van der Waals surface area contributed by atoms with E-state index in [9.17, 15) is 0 Å². The van der Waals surface area contributed by atoms with Crippen molar-refractivity contribution in [2.45, 2.75) is 13.0 Å². The van der Waals surface area contributed by atoms with Gasteiger partial charge in [0.05, 0.1) is 0 Å². The van der Waals surface area contributed by atoms with Gasteiger partial charge in [0.1, 0.15) is 0 Å². The quantitative estimate of drug-likeness (QED) is 0.425. The number of halogens is 2. The molecule has 0 N–H and O–H groups in total. The van der Waals surface area contributed by atoms with Crippen molar-refractivity contribution in [1.82, 2.24) is 0 Å². The Bertz CT molecular complexity index is 280. The van der Waals surface area contributed by atoms with Crippen LogP contribution in [0.15, 0.2) is 42.5 Å². The van der Waals surface area contributed by atoms with E-state index in [1.807, 2.05) is 49.4 Å². The van der Waals surface area contributed by atoms with Crippen LogP contribution in [0.25, 0.3) is 0 Å². The van der Waals surface area contributed by atoms with E-state index in [0.29, 0.717) is 0 Å². The summed E-state index contributed by atoms with van der Waals surface area (Å²) in [5, 5.41) is 1.08. The molecule has 0 saturated carbocycles. The summed E-state index contributed by atoms with van der Waals surface area (Å²) >= 11 is 12.6. The first kappa shape index (κ1) is 10.8. The van der Waals surface area contributed by atoms with Crippen molar-refractivity contribution in [1.29, 1.82) is 0 Å². The highest BCUT2D eigenvalue weighted by molar-refractivity contribution is 7.51. The molecule has 0 aliphatic carbocycles. The fraction of sp³-hybridized carbons (Fsp3) is 0.200. The molecule has 3 heteroatoms. The molecule has 0 fully saturated rings. The van der Waals surface area contributed by atoms with E-state index in [1.54, 1.807) is 0 Å². The van der Waals surface area contributed by atoms with Crippen molar-refractivity contribution in [3.8, 4) is 0 Å². The molecule has 0 bridgehead atoms. The maximum atomic E-state index is 6.29. The summed E-state index contributed by atoms with van der Waals surface area (Å²) in [6, 6.07) is 10.7. The maximum Gasteiger partial charge on any atom is 0.284 e. The van der Waals surface area contributed by atoms with Crippen molar-refractivity contribution >= 4 is 34.0 Å². The summed E-state index contributed by atoms with van der Waals surface area (Å²) < 4.78 is 0. The number of benzene rings is 1. The van der Waals surface area contributed by atoms with E-state index in [-0.39, 0.29) is 0 Å². The highest BCUT2D eigenvalue weighted by Gasteiger charge is 2.28. The molecule has 0 heterocycles. The second-order valence-electron chi connectivity index (χ2n) is 2.84. The second kappa shape index (κ2) is 4.84. The van der Waals surface area contributed by atoms with Gasteiger partial charge in [-0.05, 0) is 18.2 Å². The third-order valence-corrected chi connectivity index (χ3v) is 5.97. The average Bonchev–Trinajstić information content (AvgIpc) is 2.16. The average molecular weight is 231 g/mol. The summed E-state index contributed by atoms with van der Waals surface area (Å²) in [7, 11) is 0. The highest BCUT2D eigenvalue weighted by Crippen LogP contribution is 2.20. The molecule has 0 nitrogen and oxygen atoms in total. The summed E-state index contributed by atoms with van der Waals surface area (Å²) in [6.45, 7) is -0.267. The fourth-order valence-electron chi connectivity index (χ4n) is 1.07. The second-order valence-corrected chi connectivity index (χ2v) is 9.69. The van der Waals surface area contributed by atoms with E-state index in [0.717, 1.165) is 11.2 Å². The van der Waals surface area contributed by atoms with Gasteiger partial charge in [0, 0.05) is 0 Å². The van der Waals surface area contributed by atoms with Crippen molar-refractivity contribution in [3.05, 3.63) is 42.5 Å². The zero-order chi connectivity index (χ0) is 9.73. The number of hydrogen-bond donors (Lipinski definition) is 0. The Balaban J connectivity index is 2.81. The van der Waals surface area contributed by atoms with Crippen LogP contribution < -0.4 is 5.19 Å². The van der Waals surface area contributed by atoms with Crippen molar-refractivity contribution < 1.29 is 0 Å². The summed E-state index contributed by atoms with van der Waals surface area (Å²) in [6.07, 6.45) is 4.01. The molecule has 1 rings (SSSR count). The van der Waals surface area contributed by atoms with Crippen molar-refractivity contribution in [2.75, 3.05) is 0 Å². The maximum absolute atomic E-state index is 6.29. The van der Waals surface area contributed by atoms with Gasteiger partial charge in [0.2, 0.25) is 0 Å². The van der Waals surface area contributed by atoms with Gasteiger partial charge in [0.15, 0.2) is 0 Å². The number of allylic oxidation sites excluding steroid dienone is 2. The Morgan fingerprint density at radius 3 is 2.38 bits per heavy atom. The lowest BCUT2D eigenvalue weighted by Crippen LogP contribution is -2.35. The monoisotopic (exact) mass is 230 g/mol. The van der Waals surface area contributed by atoms with Crippen LogP contribution in [-0.4, -0.2) is 6.69 Å². The Hall–Kier alpha value is -0.243. The highest BCUT2D eigenvalue weighted by atomic mass is 35.7. The molecule has 70 valence electrons. The van der Waals surface area contributed by atoms with Crippen LogP contribution in [0.4, 0.5) is 0 Å². The zero-order valence-corrected chi connectivity index (χ0v) is 10.0. The molecule has 0 radical (unpaired) electrons. The minimum Gasteiger partial charge on any atom is -0.139 e. The first-order chi connectivity index (χ1) is 6.17. The van der Waals surface area contributed by atoms with Crippen LogP contribution >= 0.6 is 22.2 Å². The smallest absolute Gasteiger partial charge is 0.139 e. The molecular weight excluding hydrogens is 219 g/mol. The van der Waals surface area contributed by atoms with Gasteiger partial charge in [-0.2, -0.15) is 0 Å². The van der Waals surface area contributed by atoms with Gasteiger partial charge < -0.3 is 0 Å². The standard InChI is InChI=1S/C10H12Cl2Si/c1-2-3-9-13(11,12)10-7-5-4-6-8-10/h2-8H,9H2,1H3/b3-2+. The van der Waals surface area contributed by atoms with Crippen LogP contribution in [0.2, 0.25) is 6.04 Å². The Morgan fingerprint density at radius 1 is 1.23 bits per heavy atom. The Morgan fingerprint density at radius 2 is 1.85 bits per heavy atom. The van der Waals surface area contributed by atoms with Crippen molar-refractivity contribution in [3.63, 3.8) is 0 Å². The van der Waals surface area contributed by atoms with Crippen LogP contribution in [0, 0.1) is 0 Å². The van der Waals surface area contributed by atoms with Gasteiger partial charge in [-0.3, -0.25) is 0 Å². The van der Waals surface area contributed by atoms with Gasteiger partial charge in [-0.1, -0.05) is 42.5 Å². The van der Waals surface area contributed by atoms with Gasteiger partial charge in [-0.25, -0.2) is 0 Å². The molecule has 0 aliphatic rings. The van der Waals surface area contributed by atoms with Crippen LogP contribution in [0.1, 0.15) is 6.92 Å². The molecule has 1 aromatic rings. The molecule has 13 heavy (non-hydrogen) atoms. The lowest BCUT2D eigenvalue weighted by atomic mass is 10.4. The largest absolute Gasteiger partial charge is 0.284 e. The molecule has 0 aliphatic heterocycles. The molecule has 0 amide bonds. The first-order valence-electron chi connectivity index (χ1n) is 4.21. The third-order valence-electron chi connectivity index (χ3n) is 1.81. The predicted octanol–water partition coefficient (Wildman–Crippen LogP) is 3.39. The predicted molar refractivity (Wildman–Crippen MR) is 63.2 cm³/mol. The van der Waals surface area contributed by atoms with E-state index < -0.39 is 6.69 Å². The summed E-state index contributed by atoms with van der Waals surface area (Å²) in [4.78, 5) is 0. The van der Waals surface area contributed by atoms with Crippen LogP contribution in [0.5, 0.6) is 0 Å². The zero-order valence-electron chi connectivity index (χ0n) is 7.50. The van der Waals surface area contributed by atoms with E-state index in [1.165, 1.54) is 0 Å². The lowest BCUT2D eigenvalue weighted by molar-refractivity contribution is 1.59. The van der Waals surface area contributed by atoms with E-state index in [2.05, 4.69) is 0 Å². The summed E-state index contributed by atoms with van der Waals surface area (Å²) in [5.41, 5.74) is 0. The Labute approximate surface area is 89.6 Å². The minimum absolute atomic E-state index is 0.774. The van der Waals surface area contributed by atoms with Crippen molar-refractivity contribution in [2.24, 2.45) is 0 Å². The molecule has 0 spiro atoms. The van der Waals surface area contributed by atoms with Gasteiger partial charge in [-0.15, -0.1) is 22.2 Å². The van der Waals surface area contributed by atoms with E-state index >= 15 is 0 Å². The topological polar surface area (TPSA) is 0 Å². The SMILES string of the molecule is C/C=C/C[Si](Cl)(Cl)c1ccccc1. The lowest BCUT2D eigenvalue weighted by Gasteiger charge is -2.14. The molecule has 0 unspecified atom stereocenters. The van der Waals surface area contributed by atoms with Crippen LogP contribution in [-0.2, 0) is 0 Å². The fourth-order valence-corrected chi connectivity index (χ4v) is 3.80. The molecule has 1 aromatic carbocycles. The normalized spacial score (nSPS) is 12.2.